The Hall–Kier alpha value is -1.39. The van der Waals surface area contributed by atoms with E-state index in [1.54, 1.807) is 6.20 Å². The number of carbonyl (C=O) groups excluding carboxylic acids is 1. The summed E-state index contributed by atoms with van der Waals surface area (Å²) in [4.78, 5) is 16.3. The fourth-order valence-electron chi connectivity index (χ4n) is 1.00. The Balaban J connectivity index is 2.07. The summed E-state index contributed by atoms with van der Waals surface area (Å²) in [6.07, 6.45) is 3.98. The molecule has 1 aliphatic rings. The van der Waals surface area contributed by atoms with Crippen LogP contribution >= 0.6 is 0 Å². The van der Waals surface area contributed by atoms with Gasteiger partial charge in [-0.1, -0.05) is 4.85 Å². The van der Waals surface area contributed by atoms with Crippen LogP contribution in [0.1, 0.15) is 31.4 Å². The van der Waals surface area contributed by atoms with Gasteiger partial charge in [0.2, 0.25) is 0 Å². The first-order valence-electron chi connectivity index (χ1n) is 3.87. The molecule has 1 heterocycles. The van der Waals surface area contributed by atoms with E-state index < -0.39 is 0 Å². The van der Waals surface area contributed by atoms with Gasteiger partial charge in [0.15, 0.2) is 0 Å². The van der Waals surface area contributed by atoms with Gasteiger partial charge in [-0.15, -0.1) is 5.10 Å². The molecule has 0 bridgehead atoms. The molecule has 1 aliphatic carbocycles. The third-order valence-electron chi connectivity index (χ3n) is 1.71. The smallest absolute Gasteiger partial charge is 0.318 e. The molecule has 0 N–H and O–H groups in total. The summed E-state index contributed by atoms with van der Waals surface area (Å²) in [6, 6.07) is 0. The molecule has 5 nitrogen and oxygen atoms in total. The average molecular weight is 167 g/mol. The van der Waals surface area contributed by atoms with Gasteiger partial charge in [0.25, 0.3) is 0 Å². The molecule has 64 valence electrons. The molecular weight excluding hydrogens is 158 g/mol. The molecule has 1 saturated carbocycles. The van der Waals surface area contributed by atoms with E-state index in [0.29, 0.717) is 5.92 Å². The van der Waals surface area contributed by atoms with Crippen molar-refractivity contribution in [2.24, 2.45) is 0 Å². The quantitative estimate of drug-likeness (QED) is 0.587. The first kappa shape index (κ1) is 7.27. The van der Waals surface area contributed by atoms with E-state index in [1.165, 1.54) is 19.8 Å². The third kappa shape index (κ3) is 1.44. The zero-order chi connectivity index (χ0) is 8.55. The molecule has 5 heteroatoms. The molecule has 0 atom stereocenters. The highest BCUT2D eigenvalue weighted by Crippen LogP contribution is 2.38. The minimum absolute atomic E-state index is 0.387. The van der Waals surface area contributed by atoms with Crippen LogP contribution in [0.2, 0.25) is 0 Å². The Morgan fingerprint density at radius 3 is 3.08 bits per heavy atom. The van der Waals surface area contributed by atoms with Gasteiger partial charge in [-0.3, -0.25) is 0 Å². The zero-order valence-corrected chi connectivity index (χ0v) is 6.73. The lowest BCUT2D eigenvalue weighted by molar-refractivity contribution is -0.143. The molecule has 0 spiro atoms. The molecule has 0 unspecified atom stereocenters. The van der Waals surface area contributed by atoms with Crippen molar-refractivity contribution in [1.82, 2.24) is 15.2 Å². The predicted molar refractivity (Wildman–Crippen MR) is 39.3 cm³/mol. The van der Waals surface area contributed by atoms with Crippen molar-refractivity contribution >= 4 is 5.97 Å². The van der Waals surface area contributed by atoms with E-state index >= 15 is 0 Å². The van der Waals surface area contributed by atoms with Crippen LogP contribution in [-0.4, -0.2) is 21.1 Å². The zero-order valence-electron chi connectivity index (χ0n) is 6.73. The fraction of sp³-hybridized carbons (Fsp3) is 0.571. The van der Waals surface area contributed by atoms with E-state index in [9.17, 15) is 4.79 Å². The largest absolute Gasteiger partial charge is 0.331 e. The van der Waals surface area contributed by atoms with Crippen molar-refractivity contribution < 1.29 is 9.63 Å². The fourth-order valence-corrected chi connectivity index (χ4v) is 1.00. The summed E-state index contributed by atoms with van der Waals surface area (Å²) in [7, 11) is 0. The Kier molecular flexibility index (Phi) is 1.56. The summed E-state index contributed by atoms with van der Waals surface area (Å²) in [5, 5.41) is 7.51. The molecule has 0 saturated heterocycles. The van der Waals surface area contributed by atoms with Crippen LogP contribution in [0.5, 0.6) is 0 Å². The van der Waals surface area contributed by atoms with Gasteiger partial charge < -0.3 is 4.84 Å². The number of carbonyl (C=O) groups is 1. The average Bonchev–Trinajstić information content (AvgIpc) is 2.73. The highest BCUT2D eigenvalue weighted by atomic mass is 16.7. The van der Waals surface area contributed by atoms with Crippen molar-refractivity contribution in [1.29, 1.82) is 0 Å². The molecule has 1 fully saturated rings. The maximum atomic E-state index is 10.5. The van der Waals surface area contributed by atoms with Crippen LogP contribution in [0.3, 0.4) is 0 Å². The molecule has 0 radical (unpaired) electrons. The lowest BCUT2D eigenvalue weighted by atomic mass is 10.3. The molecule has 1 aromatic heterocycles. The van der Waals surface area contributed by atoms with E-state index in [1.807, 2.05) is 0 Å². The van der Waals surface area contributed by atoms with Crippen LogP contribution in [0, 0.1) is 0 Å². The predicted octanol–water partition coefficient (Wildman–Crippen LogP) is 0.131. The normalized spacial score (nSPS) is 16.1. The topological polar surface area (TPSA) is 57.0 Å². The highest BCUT2D eigenvalue weighted by Gasteiger charge is 2.26. The molecule has 2 rings (SSSR count). The van der Waals surface area contributed by atoms with Gasteiger partial charge in [0.1, 0.15) is 0 Å². The molecule has 0 aliphatic heterocycles. The summed E-state index contributed by atoms with van der Waals surface area (Å²) >= 11 is 0. The second kappa shape index (κ2) is 2.58. The summed E-state index contributed by atoms with van der Waals surface area (Å²) in [5.41, 5.74) is 0.913. The van der Waals surface area contributed by atoms with Crippen LogP contribution < -0.4 is 4.84 Å². The molecular formula is C7H9N3O2. The maximum absolute atomic E-state index is 10.5. The molecule has 12 heavy (non-hydrogen) atoms. The van der Waals surface area contributed by atoms with Crippen LogP contribution in [0.25, 0.3) is 0 Å². The second-order valence-electron chi connectivity index (χ2n) is 2.90. The minimum atomic E-state index is -0.387. The van der Waals surface area contributed by atoms with Gasteiger partial charge in [-0.2, -0.15) is 0 Å². The summed E-state index contributed by atoms with van der Waals surface area (Å²) < 4.78 is 0. The lowest BCUT2D eigenvalue weighted by Crippen LogP contribution is -2.16. The van der Waals surface area contributed by atoms with E-state index in [2.05, 4.69) is 15.1 Å². The monoisotopic (exact) mass is 167 g/mol. The van der Waals surface area contributed by atoms with E-state index in [-0.39, 0.29) is 5.97 Å². The number of nitrogens with zero attached hydrogens (tertiary/aromatic N) is 3. The Morgan fingerprint density at radius 1 is 1.75 bits per heavy atom. The minimum Gasteiger partial charge on any atom is -0.318 e. The van der Waals surface area contributed by atoms with Gasteiger partial charge in [0, 0.05) is 12.8 Å². The van der Waals surface area contributed by atoms with Crippen LogP contribution in [-0.2, 0) is 4.79 Å². The standard InChI is InChI=1S/C7H9N3O2/c1-5(11)12-10-4-7(8-9-10)6-2-3-6/h4,6H,2-3H2,1H3. The number of hydrogen-bond donors (Lipinski definition) is 0. The SMILES string of the molecule is CC(=O)On1cc(C2CC2)nn1. The first-order valence-corrected chi connectivity index (χ1v) is 3.87. The van der Waals surface area contributed by atoms with Gasteiger partial charge in [0.05, 0.1) is 11.9 Å². The van der Waals surface area contributed by atoms with Gasteiger partial charge >= 0.3 is 5.97 Å². The van der Waals surface area contributed by atoms with Crippen molar-refractivity contribution in [3.63, 3.8) is 0 Å². The molecule has 1 aromatic rings. The van der Waals surface area contributed by atoms with Crippen molar-refractivity contribution in [2.45, 2.75) is 25.7 Å². The lowest BCUT2D eigenvalue weighted by Gasteiger charge is -1.94. The first-order chi connectivity index (χ1) is 5.75. The van der Waals surface area contributed by atoms with Crippen molar-refractivity contribution in [2.75, 3.05) is 0 Å². The maximum Gasteiger partial charge on any atom is 0.331 e. The van der Waals surface area contributed by atoms with Crippen LogP contribution in [0.15, 0.2) is 6.20 Å². The molecule has 0 amide bonds. The van der Waals surface area contributed by atoms with Gasteiger partial charge in [-0.25, -0.2) is 4.79 Å². The second-order valence-corrected chi connectivity index (χ2v) is 2.90. The Bertz CT molecular complexity index is 303. The van der Waals surface area contributed by atoms with Crippen molar-refractivity contribution in [3.8, 4) is 0 Å². The Morgan fingerprint density at radius 2 is 2.50 bits per heavy atom. The summed E-state index contributed by atoms with van der Waals surface area (Å²) in [5.74, 6) is 0.150. The summed E-state index contributed by atoms with van der Waals surface area (Å²) in [6.45, 7) is 1.33. The van der Waals surface area contributed by atoms with Gasteiger partial charge in [-0.05, 0) is 18.1 Å². The third-order valence-corrected chi connectivity index (χ3v) is 1.71. The Labute approximate surface area is 69.3 Å². The van der Waals surface area contributed by atoms with E-state index in [4.69, 9.17) is 0 Å². The number of hydrogen-bond acceptors (Lipinski definition) is 4. The van der Waals surface area contributed by atoms with Crippen molar-refractivity contribution in [3.05, 3.63) is 11.9 Å². The highest BCUT2D eigenvalue weighted by molar-refractivity contribution is 5.66. The number of rotatable bonds is 2. The van der Waals surface area contributed by atoms with Crippen LogP contribution in [0.4, 0.5) is 0 Å². The van der Waals surface area contributed by atoms with E-state index in [0.717, 1.165) is 10.5 Å². The number of aromatic nitrogens is 3. The molecule has 0 aromatic carbocycles.